The fourth-order valence-electron chi connectivity index (χ4n) is 1.48. The lowest BCUT2D eigenvalue weighted by Gasteiger charge is -2.18. The van der Waals surface area contributed by atoms with E-state index < -0.39 is 6.10 Å². The summed E-state index contributed by atoms with van der Waals surface area (Å²) in [6, 6.07) is 3.18. The van der Waals surface area contributed by atoms with E-state index in [0.29, 0.717) is 5.69 Å². The maximum Gasteiger partial charge on any atom is 0.117 e. The first-order valence-electron chi connectivity index (χ1n) is 4.70. The van der Waals surface area contributed by atoms with E-state index in [9.17, 15) is 10.2 Å². The van der Waals surface area contributed by atoms with Gasteiger partial charge in [-0.1, -0.05) is 6.92 Å². The Hall–Kier alpha value is -1.22. The Balaban J connectivity index is 3.20. The van der Waals surface area contributed by atoms with Crippen LogP contribution in [0.4, 0.5) is 5.69 Å². The van der Waals surface area contributed by atoms with Crippen LogP contribution in [0.15, 0.2) is 12.1 Å². The molecule has 78 valence electrons. The Kier molecular flexibility index (Phi) is 3.01. The molecule has 3 heteroatoms. The van der Waals surface area contributed by atoms with Crippen LogP contribution in [0.5, 0.6) is 5.75 Å². The highest BCUT2D eigenvalue weighted by Gasteiger charge is 2.15. The molecule has 0 aliphatic carbocycles. The highest BCUT2D eigenvalue weighted by atomic mass is 16.3. The van der Waals surface area contributed by atoms with Gasteiger partial charge < -0.3 is 15.9 Å². The largest absolute Gasteiger partial charge is 0.508 e. The Labute approximate surface area is 84.2 Å². The van der Waals surface area contributed by atoms with Crippen molar-refractivity contribution in [1.82, 2.24) is 0 Å². The molecule has 0 aliphatic heterocycles. The molecule has 0 fully saturated rings. The van der Waals surface area contributed by atoms with E-state index in [4.69, 9.17) is 5.73 Å². The number of anilines is 1. The SMILES string of the molecule is Cc1c(N)cc(O)cc1C(C)C(C)O. The van der Waals surface area contributed by atoms with E-state index in [-0.39, 0.29) is 11.7 Å². The number of aliphatic hydroxyl groups excluding tert-OH is 1. The van der Waals surface area contributed by atoms with E-state index >= 15 is 0 Å². The highest BCUT2D eigenvalue weighted by molar-refractivity contribution is 5.55. The van der Waals surface area contributed by atoms with Crippen molar-refractivity contribution in [3.63, 3.8) is 0 Å². The summed E-state index contributed by atoms with van der Waals surface area (Å²) in [5.41, 5.74) is 8.11. The molecule has 2 atom stereocenters. The molecule has 0 bridgehead atoms. The summed E-state index contributed by atoms with van der Waals surface area (Å²) >= 11 is 0. The maximum absolute atomic E-state index is 9.46. The molecular formula is C11H17NO2. The zero-order valence-corrected chi connectivity index (χ0v) is 8.78. The third-order valence-corrected chi connectivity index (χ3v) is 2.69. The van der Waals surface area contributed by atoms with Crippen LogP contribution >= 0.6 is 0 Å². The molecule has 1 aromatic rings. The van der Waals surface area contributed by atoms with Crippen LogP contribution in [0.2, 0.25) is 0 Å². The number of nitrogen functional groups attached to an aromatic ring is 1. The zero-order valence-electron chi connectivity index (χ0n) is 8.78. The van der Waals surface area contributed by atoms with Crippen LogP contribution in [0.3, 0.4) is 0 Å². The van der Waals surface area contributed by atoms with Crippen LogP contribution in [-0.2, 0) is 0 Å². The number of phenolic OH excluding ortho intramolecular Hbond substituents is 1. The van der Waals surface area contributed by atoms with Crippen molar-refractivity contribution >= 4 is 5.69 Å². The maximum atomic E-state index is 9.46. The molecule has 1 aromatic carbocycles. The summed E-state index contributed by atoms with van der Waals surface area (Å²) in [6.07, 6.45) is -0.449. The van der Waals surface area contributed by atoms with Gasteiger partial charge in [-0.15, -0.1) is 0 Å². The number of phenols is 1. The fourth-order valence-corrected chi connectivity index (χ4v) is 1.48. The van der Waals surface area contributed by atoms with Gasteiger partial charge in [0.25, 0.3) is 0 Å². The summed E-state index contributed by atoms with van der Waals surface area (Å²) in [6.45, 7) is 5.53. The minimum atomic E-state index is -0.449. The van der Waals surface area contributed by atoms with Crippen LogP contribution < -0.4 is 5.73 Å². The lowest BCUT2D eigenvalue weighted by Crippen LogP contribution is -2.12. The molecule has 0 heterocycles. The minimum absolute atomic E-state index is 0.0237. The zero-order chi connectivity index (χ0) is 10.9. The van der Waals surface area contributed by atoms with Crippen molar-refractivity contribution in [1.29, 1.82) is 0 Å². The lowest BCUT2D eigenvalue weighted by atomic mass is 9.91. The molecule has 0 radical (unpaired) electrons. The molecule has 4 N–H and O–H groups in total. The van der Waals surface area contributed by atoms with Crippen LogP contribution in [-0.4, -0.2) is 16.3 Å². The van der Waals surface area contributed by atoms with Gasteiger partial charge >= 0.3 is 0 Å². The summed E-state index contributed by atoms with van der Waals surface area (Å²) in [5, 5.41) is 18.8. The molecule has 0 saturated carbocycles. The lowest BCUT2D eigenvalue weighted by molar-refractivity contribution is 0.168. The number of nitrogens with two attached hydrogens (primary N) is 1. The van der Waals surface area contributed by atoms with Crippen molar-refractivity contribution < 1.29 is 10.2 Å². The number of benzene rings is 1. The first-order valence-corrected chi connectivity index (χ1v) is 4.70. The van der Waals surface area contributed by atoms with Crippen molar-refractivity contribution in [3.05, 3.63) is 23.3 Å². The Morgan fingerprint density at radius 2 is 1.86 bits per heavy atom. The Morgan fingerprint density at radius 3 is 2.36 bits per heavy atom. The predicted octanol–water partition coefficient (Wildman–Crippen LogP) is 1.77. The molecule has 14 heavy (non-hydrogen) atoms. The van der Waals surface area contributed by atoms with Gasteiger partial charge in [-0.3, -0.25) is 0 Å². The number of aromatic hydroxyl groups is 1. The number of rotatable bonds is 2. The third-order valence-electron chi connectivity index (χ3n) is 2.69. The average molecular weight is 195 g/mol. The van der Waals surface area contributed by atoms with Crippen molar-refractivity contribution in [2.24, 2.45) is 0 Å². The van der Waals surface area contributed by atoms with Gasteiger partial charge in [-0.25, -0.2) is 0 Å². The van der Waals surface area contributed by atoms with Crippen LogP contribution in [0.1, 0.15) is 30.9 Å². The fraction of sp³-hybridized carbons (Fsp3) is 0.455. The van der Waals surface area contributed by atoms with Gasteiger partial charge in [-0.2, -0.15) is 0 Å². The number of aliphatic hydroxyl groups is 1. The van der Waals surface area contributed by atoms with Crippen LogP contribution in [0, 0.1) is 6.92 Å². The van der Waals surface area contributed by atoms with Crippen molar-refractivity contribution in [3.8, 4) is 5.75 Å². The van der Waals surface area contributed by atoms with Gasteiger partial charge in [0.1, 0.15) is 5.75 Å². The second-order valence-corrected chi connectivity index (χ2v) is 3.78. The summed E-state index contributed by atoms with van der Waals surface area (Å²) in [4.78, 5) is 0. The van der Waals surface area contributed by atoms with E-state index in [1.807, 2.05) is 13.8 Å². The van der Waals surface area contributed by atoms with Gasteiger partial charge in [-0.05, 0) is 31.0 Å². The Bertz CT molecular complexity index is 334. The van der Waals surface area contributed by atoms with Gasteiger partial charge in [0.15, 0.2) is 0 Å². The third kappa shape index (κ3) is 1.99. The quantitative estimate of drug-likeness (QED) is 0.630. The van der Waals surface area contributed by atoms with Gasteiger partial charge in [0.2, 0.25) is 0 Å². The highest BCUT2D eigenvalue weighted by Crippen LogP contribution is 2.30. The van der Waals surface area contributed by atoms with Crippen LogP contribution in [0.25, 0.3) is 0 Å². The van der Waals surface area contributed by atoms with Gasteiger partial charge in [0, 0.05) is 17.7 Å². The first kappa shape index (κ1) is 10.9. The first-order chi connectivity index (χ1) is 6.43. The minimum Gasteiger partial charge on any atom is -0.508 e. The smallest absolute Gasteiger partial charge is 0.117 e. The number of hydrogen-bond acceptors (Lipinski definition) is 3. The molecule has 0 amide bonds. The van der Waals surface area contributed by atoms with E-state index in [0.717, 1.165) is 11.1 Å². The van der Waals surface area contributed by atoms with E-state index in [2.05, 4.69) is 0 Å². The second kappa shape index (κ2) is 3.88. The number of hydrogen-bond donors (Lipinski definition) is 3. The molecule has 0 saturated heterocycles. The van der Waals surface area contributed by atoms with E-state index in [1.54, 1.807) is 13.0 Å². The summed E-state index contributed by atoms with van der Waals surface area (Å²) in [5.74, 6) is 0.125. The molecule has 1 rings (SSSR count). The Morgan fingerprint density at radius 1 is 1.29 bits per heavy atom. The monoisotopic (exact) mass is 195 g/mol. The van der Waals surface area contributed by atoms with Crippen molar-refractivity contribution in [2.75, 3.05) is 5.73 Å². The summed E-state index contributed by atoms with van der Waals surface area (Å²) < 4.78 is 0. The summed E-state index contributed by atoms with van der Waals surface area (Å²) in [7, 11) is 0. The predicted molar refractivity (Wildman–Crippen MR) is 57.4 cm³/mol. The second-order valence-electron chi connectivity index (χ2n) is 3.78. The topological polar surface area (TPSA) is 66.5 Å². The molecule has 3 nitrogen and oxygen atoms in total. The molecule has 2 unspecified atom stereocenters. The average Bonchev–Trinajstić information content (AvgIpc) is 2.09. The van der Waals surface area contributed by atoms with Crippen molar-refractivity contribution in [2.45, 2.75) is 32.8 Å². The van der Waals surface area contributed by atoms with E-state index in [1.165, 1.54) is 6.07 Å². The standard InChI is InChI=1S/C11H17NO2/c1-6(8(3)13)10-4-9(14)5-11(12)7(10)2/h4-6,8,13-14H,12H2,1-3H3. The normalized spacial score (nSPS) is 15.1. The molecule has 0 aromatic heterocycles. The van der Waals surface area contributed by atoms with Gasteiger partial charge in [0.05, 0.1) is 6.10 Å². The molecule has 0 spiro atoms. The molecular weight excluding hydrogens is 178 g/mol. The molecule has 0 aliphatic rings.